The Bertz CT molecular complexity index is 1570. The van der Waals surface area contributed by atoms with E-state index in [0.29, 0.717) is 47.2 Å². The van der Waals surface area contributed by atoms with Crippen molar-refractivity contribution < 1.29 is 9.59 Å². The van der Waals surface area contributed by atoms with Crippen LogP contribution in [0.25, 0.3) is 0 Å². The van der Waals surface area contributed by atoms with Crippen LogP contribution in [0.1, 0.15) is 68.6 Å². The van der Waals surface area contributed by atoms with E-state index < -0.39 is 0 Å². The fourth-order valence-electron chi connectivity index (χ4n) is 7.66. The summed E-state index contributed by atoms with van der Waals surface area (Å²) < 4.78 is 0. The zero-order chi connectivity index (χ0) is 27.8. The molecule has 0 radical (unpaired) electrons. The van der Waals surface area contributed by atoms with Crippen LogP contribution in [-0.4, -0.2) is 18.4 Å². The zero-order valence-corrected chi connectivity index (χ0v) is 23.1. The van der Waals surface area contributed by atoms with Crippen molar-refractivity contribution in [3.8, 4) is 0 Å². The first kappa shape index (κ1) is 25.6. The lowest BCUT2D eigenvalue weighted by molar-refractivity contribution is 0.0955. The number of rotatable bonds is 7. The quantitative estimate of drug-likeness (QED) is 0.232. The number of hydrogen-bond donors (Lipinski definition) is 3. The number of carbonyl (C=O) groups excluding carboxylic acids is 2. The molecule has 2 bridgehead atoms. The van der Waals surface area contributed by atoms with Crippen molar-refractivity contribution in [2.24, 2.45) is 17.8 Å². The molecule has 206 valence electrons. The largest absolute Gasteiger partial charge is 0.378 e. The van der Waals surface area contributed by atoms with Crippen LogP contribution < -0.4 is 16.0 Å². The predicted molar refractivity (Wildman–Crippen MR) is 163 cm³/mol. The van der Waals surface area contributed by atoms with Crippen LogP contribution in [0.4, 0.5) is 11.4 Å². The van der Waals surface area contributed by atoms with Crippen molar-refractivity contribution in [1.82, 2.24) is 5.32 Å². The highest BCUT2D eigenvalue weighted by Crippen LogP contribution is 2.63. The van der Waals surface area contributed by atoms with Gasteiger partial charge in [-0.3, -0.25) is 9.59 Å². The second-order valence-electron chi connectivity index (χ2n) is 11.8. The van der Waals surface area contributed by atoms with Gasteiger partial charge >= 0.3 is 0 Å². The van der Waals surface area contributed by atoms with Crippen LogP contribution in [0, 0.1) is 17.8 Å². The predicted octanol–water partition coefficient (Wildman–Crippen LogP) is 7.21. The van der Waals surface area contributed by atoms with Crippen LogP contribution in [0.3, 0.4) is 0 Å². The molecule has 5 nitrogen and oxygen atoms in total. The van der Waals surface area contributed by atoms with Gasteiger partial charge in [0, 0.05) is 17.8 Å². The molecule has 0 unspecified atom stereocenters. The summed E-state index contributed by atoms with van der Waals surface area (Å²) in [5.74, 6) is 2.02. The maximum absolute atomic E-state index is 13.5. The minimum absolute atomic E-state index is 0.191. The van der Waals surface area contributed by atoms with Gasteiger partial charge in [-0.25, -0.2) is 0 Å². The molecular formula is C36H35N3O2. The summed E-state index contributed by atoms with van der Waals surface area (Å²) in [4.78, 5) is 26.6. The molecular weight excluding hydrogens is 506 g/mol. The minimum atomic E-state index is -0.192. The highest BCUT2D eigenvalue weighted by atomic mass is 16.2. The maximum Gasteiger partial charge on any atom is 0.255 e. The van der Waals surface area contributed by atoms with Crippen molar-refractivity contribution in [2.45, 2.75) is 37.6 Å². The molecule has 7 rings (SSSR count). The third kappa shape index (κ3) is 4.90. The fourth-order valence-corrected chi connectivity index (χ4v) is 7.66. The van der Waals surface area contributed by atoms with Gasteiger partial charge in [0.05, 0.1) is 17.3 Å². The molecule has 2 saturated carbocycles. The summed E-state index contributed by atoms with van der Waals surface area (Å²) in [6.07, 6.45) is 4.61. The van der Waals surface area contributed by atoms with Gasteiger partial charge in [0.25, 0.3) is 11.8 Å². The molecule has 5 atom stereocenters. The van der Waals surface area contributed by atoms with Crippen molar-refractivity contribution in [1.29, 1.82) is 0 Å². The van der Waals surface area contributed by atoms with Gasteiger partial charge in [0.2, 0.25) is 0 Å². The van der Waals surface area contributed by atoms with Gasteiger partial charge in [0.15, 0.2) is 0 Å². The molecule has 2 amide bonds. The number of carbonyl (C=O) groups is 2. The number of fused-ring (bicyclic) bond motifs is 7. The first-order valence-electron chi connectivity index (χ1n) is 14.8. The second-order valence-corrected chi connectivity index (χ2v) is 11.8. The number of amides is 2. The molecule has 0 spiro atoms. The molecule has 0 aromatic heterocycles. The Morgan fingerprint density at radius 3 is 2.34 bits per heavy atom. The normalized spacial score (nSPS) is 23.7. The van der Waals surface area contributed by atoms with Gasteiger partial charge < -0.3 is 16.0 Å². The second kappa shape index (κ2) is 10.9. The first-order valence-corrected chi connectivity index (χ1v) is 14.8. The van der Waals surface area contributed by atoms with E-state index in [1.165, 1.54) is 36.0 Å². The van der Waals surface area contributed by atoms with Crippen LogP contribution in [0.2, 0.25) is 0 Å². The molecule has 1 aliphatic heterocycles. The smallest absolute Gasteiger partial charge is 0.255 e. The number of para-hydroxylation sites is 1. The SMILES string of the molecule is O=C(Nc1ccccc1C(=O)NCCc1ccccc1)c1ccc2c(c1)[C@@H]1[C@H]3CC[C@@H](C3)[C@@H]1[C@H](c1ccccc1)N2. The average Bonchev–Trinajstić information content (AvgIpc) is 3.65. The summed E-state index contributed by atoms with van der Waals surface area (Å²) in [5, 5.41) is 9.89. The van der Waals surface area contributed by atoms with E-state index >= 15 is 0 Å². The number of anilines is 2. The van der Waals surface area contributed by atoms with E-state index in [0.717, 1.165) is 18.0 Å². The van der Waals surface area contributed by atoms with E-state index in [-0.39, 0.29) is 11.8 Å². The number of benzene rings is 4. The third-order valence-electron chi connectivity index (χ3n) is 9.47. The molecule has 0 saturated heterocycles. The third-order valence-corrected chi connectivity index (χ3v) is 9.47. The monoisotopic (exact) mass is 541 g/mol. The Morgan fingerprint density at radius 1 is 0.780 bits per heavy atom. The number of hydrogen-bond acceptors (Lipinski definition) is 3. The molecule has 3 aliphatic rings. The standard InChI is InChI=1S/C36H35N3O2/c40-35(39-30-14-8-7-13-28(30)36(41)37-20-19-23-9-3-1-4-10-23)27-17-18-31-29(22-27)32-25-15-16-26(21-25)33(32)34(38-31)24-11-5-2-6-12-24/h1-14,17-18,22,25-26,32-34,38H,15-16,19-21H2,(H,37,41)(H,39,40)/t25-,26-,32-,33-,34-/m0/s1. The Balaban J connectivity index is 1.10. The highest BCUT2D eigenvalue weighted by molar-refractivity contribution is 6.09. The van der Waals surface area contributed by atoms with Gasteiger partial charge in [0.1, 0.15) is 0 Å². The maximum atomic E-state index is 13.5. The van der Waals surface area contributed by atoms with Gasteiger partial charge in [-0.2, -0.15) is 0 Å². The highest BCUT2D eigenvalue weighted by Gasteiger charge is 2.53. The molecule has 3 N–H and O–H groups in total. The van der Waals surface area contributed by atoms with E-state index in [1.807, 2.05) is 36.4 Å². The lowest BCUT2D eigenvalue weighted by Gasteiger charge is -2.43. The average molecular weight is 542 g/mol. The summed E-state index contributed by atoms with van der Waals surface area (Å²) in [5.41, 5.74) is 6.55. The molecule has 2 aliphatic carbocycles. The molecule has 41 heavy (non-hydrogen) atoms. The van der Waals surface area contributed by atoms with Gasteiger partial charge in [-0.05, 0) is 96.4 Å². The van der Waals surface area contributed by atoms with E-state index in [1.54, 1.807) is 12.1 Å². The lowest BCUT2D eigenvalue weighted by Crippen LogP contribution is -2.35. The molecule has 4 aromatic rings. The zero-order valence-electron chi connectivity index (χ0n) is 23.1. The minimum Gasteiger partial charge on any atom is -0.378 e. The summed E-state index contributed by atoms with van der Waals surface area (Å²) in [7, 11) is 0. The van der Waals surface area contributed by atoms with Gasteiger partial charge in [-0.15, -0.1) is 0 Å². The topological polar surface area (TPSA) is 70.2 Å². The molecule has 2 fully saturated rings. The van der Waals surface area contributed by atoms with E-state index in [2.05, 4.69) is 70.5 Å². The Morgan fingerprint density at radius 2 is 1.51 bits per heavy atom. The van der Waals surface area contributed by atoms with E-state index in [4.69, 9.17) is 0 Å². The lowest BCUT2D eigenvalue weighted by atomic mass is 9.68. The number of nitrogens with one attached hydrogen (secondary N) is 3. The fraction of sp³-hybridized carbons (Fsp3) is 0.278. The molecule has 4 aromatic carbocycles. The van der Waals surface area contributed by atoms with Crippen molar-refractivity contribution >= 4 is 23.2 Å². The summed E-state index contributed by atoms with van der Waals surface area (Å²) in [6, 6.07) is 34.5. The van der Waals surface area contributed by atoms with Crippen LogP contribution >= 0.6 is 0 Å². The molecule has 5 heteroatoms. The Labute approximate surface area is 241 Å². The first-order chi connectivity index (χ1) is 20.2. The summed E-state index contributed by atoms with van der Waals surface area (Å²) in [6.45, 7) is 0.525. The van der Waals surface area contributed by atoms with Gasteiger partial charge in [-0.1, -0.05) is 72.8 Å². The van der Waals surface area contributed by atoms with Crippen LogP contribution in [0.15, 0.2) is 103 Å². The Hall–Kier alpha value is -4.38. The van der Waals surface area contributed by atoms with Crippen molar-refractivity contribution in [2.75, 3.05) is 17.2 Å². The van der Waals surface area contributed by atoms with E-state index in [9.17, 15) is 9.59 Å². The Kier molecular flexibility index (Phi) is 6.79. The van der Waals surface area contributed by atoms with Crippen LogP contribution in [-0.2, 0) is 6.42 Å². The molecule has 1 heterocycles. The van der Waals surface area contributed by atoms with Crippen LogP contribution in [0.5, 0.6) is 0 Å². The van der Waals surface area contributed by atoms with Crippen molar-refractivity contribution in [3.05, 3.63) is 131 Å². The summed E-state index contributed by atoms with van der Waals surface area (Å²) >= 11 is 0. The van der Waals surface area contributed by atoms with Crippen molar-refractivity contribution in [3.63, 3.8) is 0 Å².